The maximum Gasteiger partial charge on any atom is 0.237 e. The van der Waals surface area contributed by atoms with Crippen molar-refractivity contribution in [3.05, 3.63) is 36.0 Å². The molecule has 2 rings (SSSR count). The van der Waals surface area contributed by atoms with Crippen molar-refractivity contribution >= 4 is 21.5 Å². The van der Waals surface area contributed by atoms with Crippen molar-refractivity contribution in [1.29, 1.82) is 0 Å². The molecule has 0 amide bonds. The number of nitrogens with two attached hydrogens (primary N) is 1. The van der Waals surface area contributed by atoms with Crippen LogP contribution in [0.2, 0.25) is 0 Å². The summed E-state index contributed by atoms with van der Waals surface area (Å²) in [6, 6.07) is 8.61. The number of aromatic nitrogens is 2. The lowest BCUT2D eigenvalue weighted by atomic mass is 10.3. The van der Waals surface area contributed by atoms with Crippen molar-refractivity contribution in [3.8, 4) is 5.75 Å². The average molecular weight is 310 g/mol. The number of nitrogens with one attached hydrogen (secondary N) is 1. The number of benzene rings is 1. The molecular formula is C13H18N4O3S. The van der Waals surface area contributed by atoms with Gasteiger partial charge in [0.1, 0.15) is 23.9 Å². The van der Waals surface area contributed by atoms with Crippen LogP contribution in [0.25, 0.3) is 0 Å². The number of nitrogen functional groups attached to an aromatic ring is 1. The zero-order valence-electron chi connectivity index (χ0n) is 11.9. The van der Waals surface area contributed by atoms with Crippen molar-refractivity contribution in [2.24, 2.45) is 7.05 Å². The van der Waals surface area contributed by atoms with Crippen molar-refractivity contribution in [3.63, 3.8) is 0 Å². The molecule has 1 aromatic carbocycles. The molecule has 2 aromatic rings. The summed E-state index contributed by atoms with van der Waals surface area (Å²) in [7, 11) is -1.83. The molecule has 21 heavy (non-hydrogen) atoms. The monoisotopic (exact) mass is 310 g/mol. The second kappa shape index (κ2) is 6.04. The lowest BCUT2D eigenvalue weighted by Gasteiger charge is -2.10. The van der Waals surface area contributed by atoms with Crippen LogP contribution in [0, 0.1) is 6.92 Å². The zero-order valence-corrected chi connectivity index (χ0v) is 12.7. The summed E-state index contributed by atoms with van der Waals surface area (Å²) in [5, 5.41) is 4.08. The van der Waals surface area contributed by atoms with Crippen LogP contribution < -0.4 is 15.2 Å². The Balaban J connectivity index is 1.93. The third-order valence-electron chi connectivity index (χ3n) is 2.79. The second-order valence-electron chi connectivity index (χ2n) is 4.60. The van der Waals surface area contributed by atoms with Gasteiger partial charge < -0.3 is 10.5 Å². The fraction of sp³-hybridized carbons (Fsp3) is 0.308. The predicted molar refractivity (Wildman–Crippen MR) is 81.7 cm³/mol. The maximum atomic E-state index is 12.0. The SMILES string of the molecule is Cc1cc(NS(=O)(=O)CCOc2ccccc2N)n(C)n1. The third-order valence-corrected chi connectivity index (χ3v) is 4.01. The summed E-state index contributed by atoms with van der Waals surface area (Å²) in [5.74, 6) is 0.724. The number of hydrogen-bond donors (Lipinski definition) is 2. The minimum absolute atomic E-state index is 0.0143. The lowest BCUT2D eigenvalue weighted by molar-refractivity contribution is 0.343. The van der Waals surface area contributed by atoms with Gasteiger partial charge in [0.2, 0.25) is 10.0 Å². The van der Waals surface area contributed by atoms with Gasteiger partial charge >= 0.3 is 0 Å². The van der Waals surface area contributed by atoms with Crippen LogP contribution in [0.1, 0.15) is 5.69 Å². The average Bonchev–Trinajstić information content (AvgIpc) is 2.69. The van der Waals surface area contributed by atoms with E-state index < -0.39 is 10.0 Å². The first kappa shape index (κ1) is 15.2. The maximum absolute atomic E-state index is 12.0. The molecule has 0 fully saturated rings. The van der Waals surface area contributed by atoms with E-state index in [2.05, 4.69) is 9.82 Å². The fourth-order valence-corrected chi connectivity index (χ4v) is 2.70. The number of aryl methyl sites for hydroxylation is 2. The summed E-state index contributed by atoms with van der Waals surface area (Å²) in [5.41, 5.74) is 6.93. The van der Waals surface area contributed by atoms with Crippen LogP contribution in [0.15, 0.2) is 30.3 Å². The highest BCUT2D eigenvalue weighted by molar-refractivity contribution is 7.92. The summed E-state index contributed by atoms with van der Waals surface area (Å²) in [6.07, 6.45) is 0. The minimum atomic E-state index is -3.50. The molecule has 0 radical (unpaired) electrons. The molecule has 0 aliphatic heterocycles. The van der Waals surface area contributed by atoms with Gasteiger partial charge in [-0.05, 0) is 19.1 Å². The van der Waals surface area contributed by atoms with Crippen molar-refractivity contribution in [2.75, 3.05) is 22.8 Å². The Morgan fingerprint density at radius 1 is 1.38 bits per heavy atom. The molecule has 0 unspecified atom stereocenters. The molecule has 3 N–H and O–H groups in total. The van der Waals surface area contributed by atoms with Crippen LogP contribution in [-0.4, -0.2) is 30.6 Å². The van der Waals surface area contributed by atoms with E-state index in [0.717, 1.165) is 5.69 Å². The molecule has 0 saturated carbocycles. The first-order valence-electron chi connectivity index (χ1n) is 6.36. The van der Waals surface area contributed by atoms with Gasteiger partial charge in [0.25, 0.3) is 0 Å². The molecule has 0 atom stereocenters. The predicted octanol–water partition coefficient (Wildman–Crippen LogP) is 1.13. The largest absolute Gasteiger partial charge is 0.490 e. The van der Waals surface area contributed by atoms with E-state index in [0.29, 0.717) is 17.3 Å². The third kappa shape index (κ3) is 4.12. The lowest BCUT2D eigenvalue weighted by Crippen LogP contribution is -2.22. The van der Waals surface area contributed by atoms with Gasteiger partial charge in [0, 0.05) is 13.1 Å². The molecule has 0 saturated heterocycles. The Bertz CT molecular complexity index is 725. The van der Waals surface area contributed by atoms with Gasteiger partial charge in [-0.15, -0.1) is 0 Å². The molecule has 8 heteroatoms. The van der Waals surface area contributed by atoms with Gasteiger partial charge in [-0.1, -0.05) is 12.1 Å². The topological polar surface area (TPSA) is 99.2 Å². The van der Waals surface area contributed by atoms with Gasteiger partial charge in [-0.25, -0.2) is 8.42 Å². The van der Waals surface area contributed by atoms with Crippen LogP contribution in [0.5, 0.6) is 5.75 Å². The summed E-state index contributed by atoms with van der Waals surface area (Å²) < 4.78 is 33.3. The first-order chi connectivity index (χ1) is 9.87. The normalized spacial score (nSPS) is 11.3. The van der Waals surface area contributed by atoms with Crippen molar-refractivity contribution in [2.45, 2.75) is 6.92 Å². The number of anilines is 2. The molecule has 0 aliphatic rings. The highest BCUT2D eigenvalue weighted by Crippen LogP contribution is 2.19. The summed E-state index contributed by atoms with van der Waals surface area (Å²) in [6.45, 7) is 1.81. The Labute approximate surface area is 123 Å². The smallest absolute Gasteiger partial charge is 0.237 e. The highest BCUT2D eigenvalue weighted by Gasteiger charge is 2.14. The van der Waals surface area contributed by atoms with Crippen LogP contribution in [0.3, 0.4) is 0 Å². The first-order valence-corrected chi connectivity index (χ1v) is 8.01. The van der Waals surface area contributed by atoms with E-state index in [1.807, 2.05) is 0 Å². The van der Waals surface area contributed by atoms with E-state index in [1.165, 1.54) is 4.68 Å². The van der Waals surface area contributed by atoms with E-state index >= 15 is 0 Å². The van der Waals surface area contributed by atoms with E-state index in [1.54, 1.807) is 44.3 Å². The van der Waals surface area contributed by atoms with E-state index in [9.17, 15) is 8.42 Å². The molecule has 0 aliphatic carbocycles. The number of para-hydroxylation sites is 2. The van der Waals surface area contributed by atoms with E-state index in [4.69, 9.17) is 10.5 Å². The minimum Gasteiger partial charge on any atom is -0.490 e. The van der Waals surface area contributed by atoms with Gasteiger partial charge in [-0.3, -0.25) is 9.40 Å². The fourth-order valence-electron chi connectivity index (χ4n) is 1.79. The van der Waals surface area contributed by atoms with Crippen molar-refractivity contribution < 1.29 is 13.2 Å². The molecule has 114 valence electrons. The Morgan fingerprint density at radius 3 is 2.71 bits per heavy atom. The van der Waals surface area contributed by atoms with Crippen molar-refractivity contribution in [1.82, 2.24) is 9.78 Å². The molecule has 1 heterocycles. The second-order valence-corrected chi connectivity index (χ2v) is 6.44. The van der Waals surface area contributed by atoms with Crippen LogP contribution in [0.4, 0.5) is 11.5 Å². The van der Waals surface area contributed by atoms with Crippen LogP contribution >= 0.6 is 0 Å². The number of hydrogen-bond acceptors (Lipinski definition) is 5. The quantitative estimate of drug-likeness (QED) is 0.779. The van der Waals surface area contributed by atoms with Gasteiger partial charge in [0.15, 0.2) is 0 Å². The standard InChI is InChI=1S/C13H18N4O3S/c1-10-9-13(17(2)15-10)16-21(18,19)8-7-20-12-6-4-3-5-11(12)14/h3-6,9,16H,7-8,14H2,1-2H3. The molecule has 1 aromatic heterocycles. The molecule has 0 bridgehead atoms. The van der Waals surface area contributed by atoms with Gasteiger partial charge in [-0.2, -0.15) is 5.10 Å². The number of sulfonamides is 1. The molecular weight excluding hydrogens is 292 g/mol. The molecule has 7 nitrogen and oxygen atoms in total. The Kier molecular flexibility index (Phi) is 4.37. The van der Waals surface area contributed by atoms with E-state index in [-0.39, 0.29) is 12.4 Å². The summed E-state index contributed by atoms with van der Waals surface area (Å²) in [4.78, 5) is 0. The Morgan fingerprint density at radius 2 is 2.10 bits per heavy atom. The Hall–Kier alpha value is -2.22. The van der Waals surface area contributed by atoms with Gasteiger partial charge in [0.05, 0.1) is 11.4 Å². The number of rotatable bonds is 6. The summed E-state index contributed by atoms with van der Waals surface area (Å²) >= 11 is 0. The zero-order chi connectivity index (χ0) is 15.5. The highest BCUT2D eigenvalue weighted by atomic mass is 32.2. The van der Waals surface area contributed by atoms with Crippen LogP contribution in [-0.2, 0) is 17.1 Å². The number of nitrogens with zero attached hydrogens (tertiary/aromatic N) is 2. The molecule has 0 spiro atoms. The number of ether oxygens (including phenoxy) is 1.